The molecule has 98 valence electrons. The summed E-state index contributed by atoms with van der Waals surface area (Å²) in [6.45, 7) is 4.54. The van der Waals surface area contributed by atoms with Gasteiger partial charge in [0.15, 0.2) is 0 Å². The van der Waals surface area contributed by atoms with Crippen LogP contribution in [-0.2, 0) is 4.79 Å². The molecule has 0 bridgehead atoms. The topological polar surface area (TPSA) is 37.3 Å². The molecule has 2 aliphatic carbocycles. The first-order valence-corrected chi connectivity index (χ1v) is 7.27. The molecule has 0 aliphatic heterocycles. The molecule has 0 radical (unpaired) electrons. The van der Waals surface area contributed by atoms with Gasteiger partial charge in [-0.05, 0) is 49.9 Å². The molecular weight excluding hydrogens is 212 g/mol. The van der Waals surface area contributed by atoms with Gasteiger partial charge >= 0.3 is 5.97 Å². The van der Waals surface area contributed by atoms with Crippen molar-refractivity contribution < 1.29 is 9.90 Å². The zero-order valence-corrected chi connectivity index (χ0v) is 11.2. The zero-order valence-electron chi connectivity index (χ0n) is 11.2. The molecule has 0 spiro atoms. The normalized spacial score (nSPS) is 34.6. The van der Waals surface area contributed by atoms with Gasteiger partial charge in [-0.1, -0.05) is 33.1 Å². The van der Waals surface area contributed by atoms with Crippen LogP contribution in [0.2, 0.25) is 0 Å². The number of rotatable bonds is 4. The molecule has 0 aromatic rings. The molecule has 0 atom stereocenters. The number of carboxylic acids is 1. The van der Waals surface area contributed by atoms with Crippen LogP contribution in [-0.4, -0.2) is 11.1 Å². The second kappa shape index (κ2) is 4.99. The van der Waals surface area contributed by atoms with Crippen LogP contribution < -0.4 is 0 Å². The van der Waals surface area contributed by atoms with E-state index in [9.17, 15) is 9.90 Å². The van der Waals surface area contributed by atoms with Crippen LogP contribution in [0.3, 0.4) is 0 Å². The van der Waals surface area contributed by atoms with Crippen LogP contribution in [0.5, 0.6) is 0 Å². The van der Waals surface area contributed by atoms with Gasteiger partial charge in [0.1, 0.15) is 0 Å². The average Bonchev–Trinajstić information content (AvgIpc) is 2.24. The zero-order chi connectivity index (χ0) is 12.5. The molecule has 0 saturated heterocycles. The molecule has 0 heterocycles. The summed E-state index contributed by atoms with van der Waals surface area (Å²) >= 11 is 0. The largest absolute Gasteiger partial charge is 0.481 e. The summed E-state index contributed by atoms with van der Waals surface area (Å²) in [5.41, 5.74) is -0.365. The predicted octanol–water partition coefficient (Wildman–Crippen LogP) is 4.09. The lowest BCUT2D eigenvalue weighted by atomic mass is 9.62. The van der Waals surface area contributed by atoms with E-state index in [1.165, 1.54) is 19.3 Å². The monoisotopic (exact) mass is 238 g/mol. The van der Waals surface area contributed by atoms with Crippen molar-refractivity contribution in [2.75, 3.05) is 0 Å². The van der Waals surface area contributed by atoms with Gasteiger partial charge in [-0.15, -0.1) is 0 Å². The Morgan fingerprint density at radius 1 is 1.24 bits per heavy atom. The van der Waals surface area contributed by atoms with Crippen LogP contribution >= 0.6 is 0 Å². The summed E-state index contributed by atoms with van der Waals surface area (Å²) in [5.74, 6) is 1.66. The Hall–Kier alpha value is -0.530. The summed E-state index contributed by atoms with van der Waals surface area (Å²) in [6.07, 6.45) is 8.88. The van der Waals surface area contributed by atoms with E-state index in [1.54, 1.807) is 0 Å². The van der Waals surface area contributed by atoms with Crippen LogP contribution in [0, 0.1) is 23.2 Å². The first-order valence-electron chi connectivity index (χ1n) is 7.27. The third kappa shape index (κ3) is 2.66. The van der Waals surface area contributed by atoms with Crippen molar-refractivity contribution in [2.45, 2.75) is 65.2 Å². The maximum absolute atomic E-state index is 11.6. The SMILES string of the molecule is CC(C)C1CCC(CC2CCC2)(C(=O)O)CC1. The average molecular weight is 238 g/mol. The number of hydrogen-bond acceptors (Lipinski definition) is 1. The fourth-order valence-corrected chi connectivity index (χ4v) is 3.61. The summed E-state index contributed by atoms with van der Waals surface area (Å²) in [7, 11) is 0. The molecule has 0 aromatic carbocycles. The summed E-state index contributed by atoms with van der Waals surface area (Å²) in [6, 6.07) is 0. The Balaban J connectivity index is 1.96. The van der Waals surface area contributed by atoms with E-state index in [2.05, 4.69) is 13.8 Å². The number of hydrogen-bond donors (Lipinski definition) is 1. The molecule has 2 saturated carbocycles. The van der Waals surface area contributed by atoms with Crippen molar-refractivity contribution in [3.8, 4) is 0 Å². The van der Waals surface area contributed by atoms with Gasteiger partial charge in [-0.2, -0.15) is 0 Å². The number of carbonyl (C=O) groups is 1. The van der Waals surface area contributed by atoms with E-state index in [0.717, 1.165) is 38.0 Å². The van der Waals surface area contributed by atoms with Gasteiger partial charge in [0.25, 0.3) is 0 Å². The van der Waals surface area contributed by atoms with Gasteiger partial charge < -0.3 is 5.11 Å². The van der Waals surface area contributed by atoms with Crippen molar-refractivity contribution in [2.24, 2.45) is 23.2 Å². The highest BCUT2D eigenvalue weighted by molar-refractivity contribution is 5.74. The molecule has 0 aromatic heterocycles. The minimum absolute atomic E-state index is 0.365. The van der Waals surface area contributed by atoms with Gasteiger partial charge in [0, 0.05) is 0 Å². The molecule has 2 fully saturated rings. The standard InChI is InChI=1S/C15H26O2/c1-11(2)13-6-8-15(9-7-13,14(16)17)10-12-4-3-5-12/h11-13H,3-10H2,1-2H3,(H,16,17). The third-order valence-electron chi connectivity index (χ3n) is 5.29. The Morgan fingerprint density at radius 2 is 1.82 bits per heavy atom. The Morgan fingerprint density at radius 3 is 2.18 bits per heavy atom. The maximum atomic E-state index is 11.6. The molecule has 0 unspecified atom stereocenters. The lowest BCUT2D eigenvalue weighted by molar-refractivity contribution is -0.154. The third-order valence-corrected chi connectivity index (χ3v) is 5.29. The summed E-state index contributed by atoms with van der Waals surface area (Å²) < 4.78 is 0. The van der Waals surface area contributed by atoms with Gasteiger partial charge in [0.05, 0.1) is 5.41 Å². The Bertz CT molecular complexity index is 271. The first kappa shape index (κ1) is 12.9. The molecule has 1 N–H and O–H groups in total. The molecule has 2 rings (SSSR count). The minimum atomic E-state index is -0.522. The highest BCUT2D eigenvalue weighted by Crippen LogP contribution is 2.48. The minimum Gasteiger partial charge on any atom is -0.481 e. The fourth-order valence-electron chi connectivity index (χ4n) is 3.61. The molecule has 2 heteroatoms. The molecular formula is C15H26O2. The van der Waals surface area contributed by atoms with E-state index in [4.69, 9.17) is 0 Å². The van der Waals surface area contributed by atoms with Crippen molar-refractivity contribution >= 4 is 5.97 Å². The summed E-state index contributed by atoms with van der Waals surface area (Å²) in [4.78, 5) is 11.6. The molecule has 17 heavy (non-hydrogen) atoms. The van der Waals surface area contributed by atoms with Crippen molar-refractivity contribution in [1.82, 2.24) is 0 Å². The lowest BCUT2D eigenvalue weighted by Gasteiger charge is -2.42. The van der Waals surface area contributed by atoms with Crippen molar-refractivity contribution in [3.63, 3.8) is 0 Å². The molecule has 2 nitrogen and oxygen atoms in total. The molecule has 2 aliphatic rings. The predicted molar refractivity (Wildman–Crippen MR) is 68.8 cm³/mol. The quantitative estimate of drug-likeness (QED) is 0.800. The highest BCUT2D eigenvalue weighted by Gasteiger charge is 2.44. The maximum Gasteiger partial charge on any atom is 0.309 e. The fraction of sp³-hybridized carbons (Fsp3) is 0.933. The first-order chi connectivity index (χ1) is 8.03. The number of carboxylic acid groups (broad SMARTS) is 1. The van der Waals surface area contributed by atoms with E-state index < -0.39 is 5.97 Å². The Labute approximate surface area is 105 Å². The van der Waals surface area contributed by atoms with Crippen LogP contribution in [0.25, 0.3) is 0 Å². The van der Waals surface area contributed by atoms with Crippen molar-refractivity contribution in [1.29, 1.82) is 0 Å². The van der Waals surface area contributed by atoms with E-state index >= 15 is 0 Å². The van der Waals surface area contributed by atoms with Crippen LogP contribution in [0.15, 0.2) is 0 Å². The van der Waals surface area contributed by atoms with Crippen molar-refractivity contribution in [3.05, 3.63) is 0 Å². The van der Waals surface area contributed by atoms with Crippen LogP contribution in [0.1, 0.15) is 65.2 Å². The van der Waals surface area contributed by atoms with E-state index in [0.29, 0.717) is 11.8 Å². The summed E-state index contributed by atoms with van der Waals surface area (Å²) in [5, 5.41) is 9.58. The Kier molecular flexibility index (Phi) is 3.79. The van der Waals surface area contributed by atoms with Gasteiger partial charge in [-0.25, -0.2) is 0 Å². The van der Waals surface area contributed by atoms with Gasteiger partial charge in [-0.3, -0.25) is 4.79 Å². The number of aliphatic carboxylic acids is 1. The van der Waals surface area contributed by atoms with Gasteiger partial charge in [0.2, 0.25) is 0 Å². The smallest absolute Gasteiger partial charge is 0.309 e. The highest BCUT2D eigenvalue weighted by atomic mass is 16.4. The second-order valence-electron chi connectivity index (χ2n) is 6.67. The van der Waals surface area contributed by atoms with Crippen LogP contribution in [0.4, 0.5) is 0 Å². The van der Waals surface area contributed by atoms with E-state index in [1.807, 2.05) is 0 Å². The lowest BCUT2D eigenvalue weighted by Crippen LogP contribution is -2.39. The molecule has 0 amide bonds. The second-order valence-corrected chi connectivity index (χ2v) is 6.67. The van der Waals surface area contributed by atoms with E-state index in [-0.39, 0.29) is 5.41 Å².